The van der Waals surface area contributed by atoms with Crippen molar-refractivity contribution in [3.05, 3.63) is 140 Å². The Kier molecular flexibility index (Phi) is 16.0. The van der Waals surface area contributed by atoms with Gasteiger partial charge in [-0.1, -0.05) is 38.1 Å². The quantitative estimate of drug-likeness (QED) is 0.0800. The van der Waals surface area contributed by atoms with Crippen molar-refractivity contribution < 1.29 is 28.4 Å². The normalized spacial score (nSPS) is 15.9. The van der Waals surface area contributed by atoms with Crippen molar-refractivity contribution in [3.8, 4) is 67.5 Å². The molecule has 6 aromatic carbocycles. The summed E-state index contributed by atoms with van der Waals surface area (Å²) in [7, 11) is 3.43. The molecule has 2 atom stereocenters. The highest BCUT2D eigenvalue weighted by atomic mass is 16.7. The molecular formula is C67H80O6. The standard InChI is InChI=1S/C67H80O6/c1-9-46-27-29-62(56(36-46)58-31-42(3)33-60(66(58)70-40-68-7)64-52-23-15-11-19-48(52)38-49-20-12-16-24-53(49)64)72-44(5)35-45(6)73-63-30-28-47(10-2)37-57(63)59-32-43(4)34-61(67(59)71-41-69-8)65-54-25-17-13-21-50(54)39-51-22-14-18-26-55(51)65/h27-34,36-39,44-45H,9-26,35,40-41H2,1-8H3. The van der Waals surface area contributed by atoms with E-state index in [1.807, 2.05) is 0 Å². The molecule has 0 bridgehead atoms. The minimum Gasteiger partial charge on any atom is -0.490 e. The third kappa shape index (κ3) is 10.7. The zero-order chi connectivity index (χ0) is 50.6. The molecule has 6 aromatic rings. The van der Waals surface area contributed by atoms with Gasteiger partial charge in [-0.2, -0.15) is 0 Å². The minimum atomic E-state index is -0.165. The van der Waals surface area contributed by atoms with Gasteiger partial charge in [0, 0.05) is 54.0 Å². The molecule has 0 spiro atoms. The largest absolute Gasteiger partial charge is 0.490 e. The van der Waals surface area contributed by atoms with Crippen molar-refractivity contribution >= 4 is 0 Å². The van der Waals surface area contributed by atoms with Crippen LogP contribution in [0.1, 0.15) is 152 Å². The average molecular weight is 981 g/mol. The van der Waals surface area contributed by atoms with Gasteiger partial charge >= 0.3 is 0 Å². The van der Waals surface area contributed by atoms with Crippen LogP contribution < -0.4 is 18.9 Å². The third-order valence-electron chi connectivity index (χ3n) is 16.4. The molecule has 0 saturated heterocycles. The summed E-state index contributed by atoms with van der Waals surface area (Å²) in [6, 6.07) is 27.8. The van der Waals surface area contributed by atoms with E-state index in [9.17, 15) is 0 Å². The minimum absolute atomic E-state index is 0.163. The molecule has 0 N–H and O–H groups in total. The molecule has 73 heavy (non-hydrogen) atoms. The van der Waals surface area contributed by atoms with Crippen LogP contribution in [0.25, 0.3) is 44.5 Å². The van der Waals surface area contributed by atoms with E-state index in [4.69, 9.17) is 28.4 Å². The summed E-state index contributed by atoms with van der Waals surface area (Å²) in [5.74, 6) is 3.45. The highest BCUT2D eigenvalue weighted by Gasteiger charge is 2.30. The first-order valence-electron chi connectivity index (χ1n) is 28.1. The molecule has 0 saturated carbocycles. The second kappa shape index (κ2) is 22.9. The Balaban J connectivity index is 0.995. The Morgan fingerprint density at radius 3 is 1.10 bits per heavy atom. The predicted molar refractivity (Wildman–Crippen MR) is 299 cm³/mol. The Labute approximate surface area is 437 Å². The van der Waals surface area contributed by atoms with Crippen LogP contribution >= 0.6 is 0 Å². The van der Waals surface area contributed by atoms with E-state index in [0.29, 0.717) is 6.42 Å². The highest BCUT2D eigenvalue weighted by Crippen LogP contribution is 2.51. The zero-order valence-corrected chi connectivity index (χ0v) is 45.4. The summed E-state index contributed by atoms with van der Waals surface area (Å²) in [6.07, 6.45) is 21.1. The Morgan fingerprint density at radius 2 is 0.753 bits per heavy atom. The zero-order valence-electron chi connectivity index (χ0n) is 45.4. The topological polar surface area (TPSA) is 55.4 Å². The second-order valence-electron chi connectivity index (χ2n) is 21.8. The number of ether oxygens (including phenoxy) is 6. The first kappa shape index (κ1) is 50.9. The van der Waals surface area contributed by atoms with E-state index in [-0.39, 0.29) is 25.8 Å². The number of hydrogen-bond acceptors (Lipinski definition) is 6. The Morgan fingerprint density at radius 1 is 0.411 bits per heavy atom. The van der Waals surface area contributed by atoms with Crippen LogP contribution in [0.2, 0.25) is 0 Å². The predicted octanol–water partition coefficient (Wildman–Crippen LogP) is 16.2. The van der Waals surface area contributed by atoms with Crippen molar-refractivity contribution in [2.24, 2.45) is 0 Å². The lowest BCUT2D eigenvalue weighted by atomic mass is 9.76. The van der Waals surface area contributed by atoms with Crippen molar-refractivity contribution in [2.45, 2.75) is 176 Å². The van der Waals surface area contributed by atoms with E-state index < -0.39 is 0 Å². The van der Waals surface area contributed by atoms with E-state index in [1.165, 1.54) is 140 Å². The summed E-state index contributed by atoms with van der Waals surface area (Å²) < 4.78 is 39.2. The molecule has 0 aromatic heterocycles. The van der Waals surface area contributed by atoms with Gasteiger partial charge in [0.05, 0.1) is 12.2 Å². The number of aryl methyl sites for hydroxylation is 8. The Hall–Kier alpha value is -5.56. The second-order valence-corrected chi connectivity index (χ2v) is 21.8. The van der Waals surface area contributed by atoms with Gasteiger partial charge in [0.2, 0.25) is 0 Å². The number of fused-ring (bicyclic) bond motifs is 4. The van der Waals surface area contributed by atoms with Gasteiger partial charge in [0.25, 0.3) is 0 Å². The first-order valence-corrected chi connectivity index (χ1v) is 28.1. The molecule has 2 unspecified atom stereocenters. The van der Waals surface area contributed by atoms with Crippen LogP contribution in [-0.2, 0) is 73.7 Å². The monoisotopic (exact) mass is 981 g/mol. The van der Waals surface area contributed by atoms with Crippen LogP contribution in [0.15, 0.2) is 72.8 Å². The van der Waals surface area contributed by atoms with Crippen LogP contribution in [0.5, 0.6) is 23.0 Å². The third-order valence-corrected chi connectivity index (χ3v) is 16.4. The highest BCUT2D eigenvalue weighted by molar-refractivity contribution is 5.90. The summed E-state index contributed by atoms with van der Waals surface area (Å²) >= 11 is 0. The van der Waals surface area contributed by atoms with Gasteiger partial charge in [-0.25, -0.2) is 0 Å². The first-order chi connectivity index (χ1) is 35.7. The maximum absolute atomic E-state index is 7.12. The molecule has 384 valence electrons. The fourth-order valence-corrected chi connectivity index (χ4v) is 13.0. The van der Waals surface area contributed by atoms with Gasteiger partial charge in [0.15, 0.2) is 13.6 Å². The Bertz CT molecular complexity index is 2690. The molecule has 0 fully saturated rings. The van der Waals surface area contributed by atoms with Gasteiger partial charge in [-0.05, 0) is 270 Å². The lowest BCUT2D eigenvalue weighted by Gasteiger charge is -2.30. The fourth-order valence-electron chi connectivity index (χ4n) is 13.0. The van der Waals surface area contributed by atoms with Gasteiger partial charge in [0.1, 0.15) is 23.0 Å². The van der Waals surface area contributed by atoms with E-state index >= 15 is 0 Å². The molecule has 6 nitrogen and oxygen atoms in total. The number of methoxy groups -OCH3 is 2. The van der Waals surface area contributed by atoms with Gasteiger partial charge in [-0.3, -0.25) is 0 Å². The fraction of sp³-hybridized carbons (Fsp3) is 0.463. The van der Waals surface area contributed by atoms with Crippen molar-refractivity contribution in [1.82, 2.24) is 0 Å². The number of rotatable bonds is 18. The van der Waals surface area contributed by atoms with Gasteiger partial charge < -0.3 is 28.4 Å². The summed E-state index contributed by atoms with van der Waals surface area (Å²) in [5.41, 5.74) is 26.6. The molecule has 4 aliphatic rings. The molecular weight excluding hydrogens is 901 g/mol. The van der Waals surface area contributed by atoms with Crippen molar-refractivity contribution in [2.75, 3.05) is 27.8 Å². The lowest BCUT2D eigenvalue weighted by molar-refractivity contribution is 0.0517. The summed E-state index contributed by atoms with van der Waals surface area (Å²) in [4.78, 5) is 0. The van der Waals surface area contributed by atoms with E-state index in [0.717, 1.165) is 109 Å². The maximum Gasteiger partial charge on any atom is 0.188 e. The van der Waals surface area contributed by atoms with Crippen molar-refractivity contribution in [3.63, 3.8) is 0 Å². The van der Waals surface area contributed by atoms with Crippen LogP contribution in [0.4, 0.5) is 0 Å². The molecule has 0 amide bonds. The number of benzene rings is 6. The van der Waals surface area contributed by atoms with Gasteiger partial charge in [-0.15, -0.1) is 0 Å². The molecule has 10 rings (SSSR count). The van der Waals surface area contributed by atoms with E-state index in [2.05, 4.69) is 114 Å². The smallest absolute Gasteiger partial charge is 0.188 e. The SMILES string of the molecule is CCc1ccc(OC(C)CC(C)Oc2ccc(CC)cc2-c2cc(C)cc(-c3c4c(cc5c3CCCC5)CCCC4)c2OCOC)c(-c2cc(C)cc(-c3c4c(cc5c3CCCC5)CCCC4)c2OCOC)c1. The molecule has 0 radical (unpaired) electrons. The summed E-state index contributed by atoms with van der Waals surface area (Å²) in [6.45, 7) is 13.6. The van der Waals surface area contributed by atoms with Crippen molar-refractivity contribution in [1.29, 1.82) is 0 Å². The molecule has 6 heteroatoms. The average Bonchev–Trinajstić information content (AvgIpc) is 3.40. The van der Waals surface area contributed by atoms with Crippen LogP contribution in [-0.4, -0.2) is 40.0 Å². The molecule has 0 aliphatic heterocycles. The number of hydrogen-bond donors (Lipinski definition) is 0. The summed E-state index contributed by atoms with van der Waals surface area (Å²) in [5, 5.41) is 0. The maximum atomic E-state index is 7.12. The lowest BCUT2D eigenvalue weighted by Crippen LogP contribution is -2.23. The van der Waals surface area contributed by atoms with Crippen LogP contribution in [0, 0.1) is 13.8 Å². The van der Waals surface area contributed by atoms with E-state index in [1.54, 1.807) is 14.2 Å². The van der Waals surface area contributed by atoms with Crippen LogP contribution in [0.3, 0.4) is 0 Å². The molecule has 4 aliphatic carbocycles. The molecule has 0 heterocycles.